The molecule has 0 bridgehead atoms. The van der Waals surface area contributed by atoms with Crippen molar-refractivity contribution in [3.05, 3.63) is 16.6 Å². The first-order chi connectivity index (χ1) is 9.82. The average Bonchev–Trinajstić information content (AvgIpc) is 2.97. The normalized spacial score (nSPS) is 26.9. The summed E-state index contributed by atoms with van der Waals surface area (Å²) in [5, 5.41) is 3.30. The largest absolute Gasteiger partial charge is 0.384 e. The minimum Gasteiger partial charge on any atom is -0.384 e. The summed E-state index contributed by atoms with van der Waals surface area (Å²) in [4.78, 5) is 6.94. The second-order valence-electron chi connectivity index (χ2n) is 6.04. The summed E-state index contributed by atoms with van der Waals surface area (Å²) in [6.07, 6.45) is 5.65. The molecule has 2 saturated heterocycles. The van der Waals surface area contributed by atoms with Crippen LogP contribution in [0, 0.1) is 11.3 Å². The molecule has 1 aromatic rings. The Morgan fingerprint density at radius 1 is 1.45 bits per heavy atom. The highest BCUT2D eigenvalue weighted by atomic mass is 32.1. The number of likely N-dealkylation sites (tertiary alicyclic amines) is 1. The average molecular weight is 296 g/mol. The number of ether oxygens (including phenoxy) is 2. The molecular formula is C15H24N2O2S. The van der Waals surface area contributed by atoms with Crippen molar-refractivity contribution in [1.82, 2.24) is 9.88 Å². The van der Waals surface area contributed by atoms with Crippen LogP contribution >= 0.6 is 11.3 Å². The molecular weight excluding hydrogens is 272 g/mol. The lowest BCUT2D eigenvalue weighted by Crippen LogP contribution is -2.49. The fourth-order valence-electron chi connectivity index (χ4n) is 3.65. The van der Waals surface area contributed by atoms with E-state index in [1.165, 1.54) is 37.4 Å². The van der Waals surface area contributed by atoms with Crippen molar-refractivity contribution in [3.8, 4) is 0 Å². The van der Waals surface area contributed by atoms with Crippen LogP contribution in [0.2, 0.25) is 0 Å². The fourth-order valence-corrected chi connectivity index (χ4v) is 4.30. The van der Waals surface area contributed by atoms with Crippen molar-refractivity contribution >= 4 is 11.3 Å². The number of aromatic nitrogens is 1. The Hall–Kier alpha value is -0.490. The Kier molecular flexibility index (Phi) is 4.71. The van der Waals surface area contributed by atoms with Gasteiger partial charge in [-0.05, 0) is 37.8 Å². The van der Waals surface area contributed by atoms with Crippen LogP contribution in [-0.4, -0.2) is 49.9 Å². The van der Waals surface area contributed by atoms with Gasteiger partial charge in [-0.25, -0.2) is 4.98 Å². The van der Waals surface area contributed by atoms with E-state index < -0.39 is 0 Å². The van der Waals surface area contributed by atoms with Crippen molar-refractivity contribution in [3.63, 3.8) is 0 Å². The summed E-state index contributed by atoms with van der Waals surface area (Å²) < 4.78 is 11.1. The number of nitrogens with zero attached hydrogens (tertiary/aromatic N) is 2. The monoisotopic (exact) mass is 296 g/mol. The van der Waals surface area contributed by atoms with E-state index in [4.69, 9.17) is 9.47 Å². The number of methoxy groups -OCH3 is 1. The van der Waals surface area contributed by atoms with Crippen LogP contribution in [0.5, 0.6) is 0 Å². The fraction of sp³-hybridized carbons (Fsp3) is 0.800. The van der Waals surface area contributed by atoms with E-state index in [2.05, 4.69) is 15.3 Å². The first kappa shape index (κ1) is 14.4. The Morgan fingerprint density at radius 2 is 2.30 bits per heavy atom. The molecule has 3 rings (SSSR count). The molecule has 112 valence electrons. The van der Waals surface area contributed by atoms with Crippen LogP contribution in [0.1, 0.15) is 24.3 Å². The van der Waals surface area contributed by atoms with Gasteiger partial charge in [0.05, 0.1) is 19.8 Å². The molecule has 20 heavy (non-hydrogen) atoms. The molecule has 0 aromatic carbocycles. The molecule has 0 amide bonds. The van der Waals surface area contributed by atoms with Crippen LogP contribution in [0.4, 0.5) is 0 Å². The van der Waals surface area contributed by atoms with E-state index >= 15 is 0 Å². The minimum absolute atomic E-state index is 0.452. The van der Waals surface area contributed by atoms with Gasteiger partial charge in [0, 0.05) is 31.2 Å². The van der Waals surface area contributed by atoms with Gasteiger partial charge < -0.3 is 9.47 Å². The maximum atomic E-state index is 5.67. The van der Waals surface area contributed by atoms with E-state index in [0.717, 1.165) is 26.4 Å². The Morgan fingerprint density at radius 3 is 3.00 bits per heavy atom. The van der Waals surface area contributed by atoms with Crippen LogP contribution in [-0.2, 0) is 16.0 Å². The molecule has 1 spiro atoms. The van der Waals surface area contributed by atoms with Crippen molar-refractivity contribution in [2.75, 3.05) is 40.0 Å². The summed E-state index contributed by atoms with van der Waals surface area (Å²) in [7, 11) is 1.81. The van der Waals surface area contributed by atoms with Gasteiger partial charge in [0.1, 0.15) is 5.01 Å². The molecule has 2 aliphatic heterocycles. The summed E-state index contributed by atoms with van der Waals surface area (Å²) in [5.41, 5.74) is 0.452. The van der Waals surface area contributed by atoms with Crippen LogP contribution in [0.3, 0.4) is 0 Å². The lowest BCUT2D eigenvalue weighted by atomic mass is 9.66. The zero-order valence-electron chi connectivity index (χ0n) is 12.2. The molecule has 1 aromatic heterocycles. The molecule has 4 nitrogen and oxygen atoms in total. The predicted octanol–water partition coefficient (Wildman–Crippen LogP) is 2.41. The van der Waals surface area contributed by atoms with Gasteiger partial charge >= 0.3 is 0 Å². The molecule has 1 atom stereocenters. The third-order valence-corrected chi connectivity index (χ3v) is 5.76. The second-order valence-corrected chi connectivity index (χ2v) is 7.02. The van der Waals surface area contributed by atoms with E-state index in [1.54, 1.807) is 18.4 Å². The van der Waals surface area contributed by atoms with E-state index in [9.17, 15) is 0 Å². The highest BCUT2D eigenvalue weighted by Crippen LogP contribution is 2.44. The first-order valence-electron chi connectivity index (χ1n) is 7.50. The van der Waals surface area contributed by atoms with Gasteiger partial charge in [0.2, 0.25) is 0 Å². The van der Waals surface area contributed by atoms with E-state index in [1.807, 2.05) is 6.20 Å². The molecule has 0 saturated carbocycles. The molecule has 0 N–H and O–H groups in total. The summed E-state index contributed by atoms with van der Waals surface area (Å²) in [5.74, 6) is 0.572. The highest BCUT2D eigenvalue weighted by Gasteiger charge is 2.43. The van der Waals surface area contributed by atoms with Crippen molar-refractivity contribution in [1.29, 1.82) is 0 Å². The lowest BCUT2D eigenvalue weighted by Gasteiger charge is -2.48. The minimum atomic E-state index is 0.452. The van der Waals surface area contributed by atoms with Crippen molar-refractivity contribution in [2.24, 2.45) is 11.3 Å². The molecule has 0 aliphatic carbocycles. The molecule has 0 radical (unpaired) electrons. The zero-order chi connectivity index (χ0) is 13.8. The Bertz CT molecular complexity index is 400. The molecule has 2 aliphatic rings. The van der Waals surface area contributed by atoms with Gasteiger partial charge in [0.25, 0.3) is 0 Å². The summed E-state index contributed by atoms with van der Waals surface area (Å²) in [6, 6.07) is 0. The van der Waals surface area contributed by atoms with Gasteiger partial charge in [-0.3, -0.25) is 4.90 Å². The van der Waals surface area contributed by atoms with E-state index in [0.29, 0.717) is 11.3 Å². The number of thiazole rings is 1. The summed E-state index contributed by atoms with van der Waals surface area (Å²) >= 11 is 1.76. The van der Waals surface area contributed by atoms with Gasteiger partial charge in [-0.2, -0.15) is 0 Å². The van der Waals surface area contributed by atoms with Gasteiger partial charge in [-0.15, -0.1) is 11.3 Å². The summed E-state index contributed by atoms with van der Waals surface area (Å²) in [6.45, 7) is 6.01. The number of hydrogen-bond acceptors (Lipinski definition) is 5. The Labute approximate surface area is 125 Å². The zero-order valence-corrected chi connectivity index (χ0v) is 13.0. The molecule has 3 heterocycles. The number of piperidine rings is 1. The van der Waals surface area contributed by atoms with Gasteiger partial charge in [0.15, 0.2) is 0 Å². The second kappa shape index (κ2) is 6.52. The van der Waals surface area contributed by atoms with Crippen LogP contribution in [0.15, 0.2) is 11.6 Å². The standard InChI is InChI=1S/C15H24N2O2S/c1-18-11-13-12-19-8-4-15(13)2-6-17(7-3-15)10-14-16-5-9-20-14/h5,9,13H,2-4,6-8,10-12H2,1H3/t13-/m0/s1. The molecule has 5 heteroatoms. The maximum Gasteiger partial charge on any atom is 0.107 e. The van der Waals surface area contributed by atoms with Crippen molar-refractivity contribution in [2.45, 2.75) is 25.8 Å². The van der Waals surface area contributed by atoms with Gasteiger partial charge in [-0.1, -0.05) is 0 Å². The predicted molar refractivity (Wildman–Crippen MR) is 79.9 cm³/mol. The number of hydrogen-bond donors (Lipinski definition) is 0. The molecule has 0 unspecified atom stereocenters. The topological polar surface area (TPSA) is 34.6 Å². The van der Waals surface area contributed by atoms with Crippen LogP contribution < -0.4 is 0 Å². The third kappa shape index (κ3) is 3.06. The lowest BCUT2D eigenvalue weighted by molar-refractivity contribution is -0.0951. The first-order valence-corrected chi connectivity index (χ1v) is 8.38. The van der Waals surface area contributed by atoms with E-state index in [-0.39, 0.29) is 0 Å². The molecule has 2 fully saturated rings. The van der Waals surface area contributed by atoms with Crippen LogP contribution in [0.25, 0.3) is 0 Å². The highest BCUT2D eigenvalue weighted by molar-refractivity contribution is 7.09. The SMILES string of the molecule is COC[C@H]1COCCC12CCN(Cc1nccs1)CC2. The Balaban J connectivity index is 1.58. The maximum absolute atomic E-state index is 5.67. The smallest absolute Gasteiger partial charge is 0.107 e. The van der Waals surface area contributed by atoms with Crippen molar-refractivity contribution < 1.29 is 9.47 Å². The number of rotatable bonds is 4. The third-order valence-electron chi connectivity index (χ3n) is 4.99. The quantitative estimate of drug-likeness (QED) is 0.854.